The molecule has 0 radical (unpaired) electrons. The van der Waals surface area contributed by atoms with E-state index in [0.717, 1.165) is 18.8 Å². The molecule has 168 valence electrons. The first kappa shape index (κ1) is 20.9. The third-order valence-corrected chi connectivity index (χ3v) is 6.60. The van der Waals surface area contributed by atoms with Crippen molar-refractivity contribution in [3.8, 4) is 17.6 Å². The number of anilines is 2. The Hall–Kier alpha value is -3.00. The number of nitrogens with one attached hydrogen (secondary N) is 1. The molecule has 1 aromatic carbocycles. The molecule has 0 amide bonds. The predicted molar refractivity (Wildman–Crippen MR) is 124 cm³/mol. The number of aromatic nitrogens is 4. The largest absolute Gasteiger partial charge is 0.481 e. The number of nitrogens with zero attached hydrogens (tertiary/aromatic N) is 5. The van der Waals surface area contributed by atoms with Crippen LogP contribution in [0.15, 0.2) is 42.6 Å². The maximum atomic E-state index is 6.08. The van der Waals surface area contributed by atoms with E-state index in [-0.39, 0.29) is 0 Å². The number of ether oxygens (including phenoxy) is 2. The molecule has 32 heavy (non-hydrogen) atoms. The van der Waals surface area contributed by atoms with Crippen LogP contribution in [0.5, 0.6) is 17.6 Å². The van der Waals surface area contributed by atoms with Crippen LogP contribution in [0.4, 0.5) is 11.6 Å². The van der Waals surface area contributed by atoms with E-state index in [1.807, 2.05) is 37.4 Å². The summed E-state index contributed by atoms with van der Waals surface area (Å²) in [5.74, 6) is 2.96. The van der Waals surface area contributed by atoms with E-state index >= 15 is 0 Å². The molecule has 0 spiro atoms. The van der Waals surface area contributed by atoms with Crippen LogP contribution in [0.3, 0.4) is 0 Å². The average Bonchev–Trinajstić information content (AvgIpc) is 3.28. The Morgan fingerprint density at radius 3 is 2.69 bits per heavy atom. The molecule has 1 N–H and O–H groups in total. The number of rotatable bonds is 7. The molecule has 1 aliphatic carbocycles. The van der Waals surface area contributed by atoms with Crippen LogP contribution in [-0.4, -0.2) is 46.0 Å². The maximum Gasteiger partial charge on any atom is 0.322 e. The number of hydrogen-bond donors (Lipinski definition) is 1. The number of hydrogen-bond acceptors (Lipinski definition) is 7. The highest BCUT2D eigenvalue weighted by Crippen LogP contribution is 2.40. The van der Waals surface area contributed by atoms with Crippen LogP contribution in [0.2, 0.25) is 5.02 Å². The minimum Gasteiger partial charge on any atom is -0.481 e. The second kappa shape index (κ2) is 8.86. The SMILES string of the molecule is CCn1nc(NC2C3CCC2CN(c2ccnc(OC)c2)C3)nc1Oc1cccc(Cl)c1. The van der Waals surface area contributed by atoms with E-state index < -0.39 is 0 Å². The Morgan fingerprint density at radius 1 is 1.16 bits per heavy atom. The van der Waals surface area contributed by atoms with Crippen molar-refractivity contribution in [2.24, 2.45) is 11.8 Å². The first-order chi connectivity index (χ1) is 15.6. The fraction of sp³-hybridized carbons (Fsp3) is 0.435. The lowest BCUT2D eigenvalue weighted by atomic mass is 9.92. The van der Waals surface area contributed by atoms with E-state index in [1.54, 1.807) is 17.9 Å². The highest BCUT2D eigenvalue weighted by atomic mass is 35.5. The highest BCUT2D eigenvalue weighted by molar-refractivity contribution is 6.30. The number of piperidine rings is 1. The normalized spacial score (nSPS) is 22.1. The second-order valence-electron chi connectivity index (χ2n) is 8.32. The van der Waals surface area contributed by atoms with Crippen molar-refractivity contribution >= 4 is 23.2 Å². The van der Waals surface area contributed by atoms with Crippen molar-refractivity contribution in [3.63, 3.8) is 0 Å². The standard InChI is InChI=1S/C23H27ClN6O2/c1-3-30-23(32-19-6-4-5-17(24)11-19)27-22(28-30)26-21-15-7-8-16(21)14-29(13-15)18-9-10-25-20(12-18)31-2/h4-6,9-12,15-16,21H,3,7-8,13-14H2,1-2H3,(H,26,28). The van der Waals surface area contributed by atoms with Gasteiger partial charge >= 0.3 is 6.01 Å². The van der Waals surface area contributed by atoms with E-state index in [9.17, 15) is 0 Å². The van der Waals surface area contributed by atoms with Gasteiger partial charge in [-0.05, 0) is 55.9 Å². The predicted octanol–water partition coefficient (Wildman–Crippen LogP) is 4.47. The van der Waals surface area contributed by atoms with Crippen molar-refractivity contribution < 1.29 is 9.47 Å². The lowest BCUT2D eigenvalue weighted by Gasteiger charge is -2.39. The molecule has 9 heteroatoms. The molecule has 8 nitrogen and oxygen atoms in total. The zero-order valence-electron chi connectivity index (χ0n) is 18.2. The summed E-state index contributed by atoms with van der Waals surface area (Å²) in [7, 11) is 1.65. The molecule has 1 aliphatic heterocycles. The van der Waals surface area contributed by atoms with Gasteiger partial charge in [0.15, 0.2) is 0 Å². The fourth-order valence-corrected chi connectivity index (χ4v) is 5.01. The highest BCUT2D eigenvalue weighted by Gasteiger charge is 2.42. The summed E-state index contributed by atoms with van der Waals surface area (Å²) in [4.78, 5) is 11.3. The summed E-state index contributed by atoms with van der Waals surface area (Å²) in [5.41, 5.74) is 1.16. The number of fused-ring (bicyclic) bond motifs is 2. The topological polar surface area (TPSA) is 77.3 Å². The molecular weight excluding hydrogens is 428 g/mol. The molecule has 2 bridgehead atoms. The van der Waals surface area contributed by atoms with Crippen molar-refractivity contribution in [2.45, 2.75) is 32.4 Å². The first-order valence-electron chi connectivity index (χ1n) is 11.0. The van der Waals surface area contributed by atoms with Crippen LogP contribution in [0.1, 0.15) is 19.8 Å². The summed E-state index contributed by atoms with van der Waals surface area (Å²) in [6.45, 7) is 4.66. The number of aryl methyl sites for hydroxylation is 1. The quantitative estimate of drug-likeness (QED) is 0.564. The van der Waals surface area contributed by atoms with Crippen molar-refractivity contribution in [2.75, 3.05) is 30.4 Å². The van der Waals surface area contributed by atoms with Crippen molar-refractivity contribution in [1.29, 1.82) is 0 Å². The van der Waals surface area contributed by atoms with Crippen molar-refractivity contribution in [3.05, 3.63) is 47.6 Å². The minimum atomic E-state index is 0.349. The lowest BCUT2D eigenvalue weighted by molar-refractivity contribution is 0.374. The van der Waals surface area contributed by atoms with Gasteiger partial charge in [0.2, 0.25) is 11.8 Å². The summed E-state index contributed by atoms with van der Waals surface area (Å²) >= 11 is 6.08. The summed E-state index contributed by atoms with van der Waals surface area (Å²) < 4.78 is 13.0. The molecule has 2 fully saturated rings. The second-order valence-corrected chi connectivity index (χ2v) is 8.76. The molecular formula is C23H27ClN6O2. The fourth-order valence-electron chi connectivity index (χ4n) is 4.83. The zero-order valence-corrected chi connectivity index (χ0v) is 19.0. The third-order valence-electron chi connectivity index (χ3n) is 6.36. The van der Waals surface area contributed by atoms with Gasteiger partial charge in [0.1, 0.15) is 5.75 Å². The molecule has 2 atom stereocenters. The Kier molecular flexibility index (Phi) is 5.78. The van der Waals surface area contributed by atoms with Gasteiger partial charge in [-0.15, -0.1) is 5.10 Å². The van der Waals surface area contributed by atoms with Gasteiger partial charge in [-0.1, -0.05) is 17.7 Å². The molecule has 2 aliphatic rings. The van der Waals surface area contributed by atoms with Crippen LogP contribution in [0, 0.1) is 11.8 Å². The number of methoxy groups -OCH3 is 1. The smallest absolute Gasteiger partial charge is 0.322 e. The van der Waals surface area contributed by atoms with E-state index in [0.29, 0.717) is 53.0 Å². The van der Waals surface area contributed by atoms with E-state index in [2.05, 4.69) is 31.3 Å². The number of pyridine rings is 1. The Morgan fingerprint density at radius 2 is 1.97 bits per heavy atom. The van der Waals surface area contributed by atoms with Gasteiger partial charge < -0.3 is 19.7 Å². The van der Waals surface area contributed by atoms with Gasteiger partial charge in [0, 0.05) is 48.6 Å². The van der Waals surface area contributed by atoms with E-state index in [1.165, 1.54) is 12.8 Å². The minimum absolute atomic E-state index is 0.349. The summed E-state index contributed by atoms with van der Waals surface area (Å²) in [6.07, 6.45) is 4.20. The molecule has 5 rings (SSSR count). The number of halogens is 1. The third kappa shape index (κ3) is 4.19. The Balaban J connectivity index is 1.29. The molecule has 3 heterocycles. The van der Waals surface area contributed by atoms with Crippen LogP contribution in [-0.2, 0) is 6.54 Å². The monoisotopic (exact) mass is 454 g/mol. The average molecular weight is 455 g/mol. The van der Waals surface area contributed by atoms with Gasteiger partial charge in [0.05, 0.1) is 7.11 Å². The molecule has 2 aromatic heterocycles. The summed E-state index contributed by atoms with van der Waals surface area (Å²) in [6, 6.07) is 12.2. The van der Waals surface area contributed by atoms with Gasteiger partial charge in [0.25, 0.3) is 0 Å². The van der Waals surface area contributed by atoms with Crippen LogP contribution < -0.4 is 19.7 Å². The van der Waals surface area contributed by atoms with Gasteiger partial charge in [-0.25, -0.2) is 9.67 Å². The van der Waals surface area contributed by atoms with E-state index in [4.69, 9.17) is 21.1 Å². The lowest BCUT2D eigenvalue weighted by Crippen LogP contribution is -2.48. The van der Waals surface area contributed by atoms with Gasteiger partial charge in [-0.2, -0.15) is 4.98 Å². The van der Waals surface area contributed by atoms with Gasteiger partial charge in [-0.3, -0.25) is 0 Å². The molecule has 2 unspecified atom stereocenters. The maximum absolute atomic E-state index is 6.08. The molecule has 1 saturated heterocycles. The Labute approximate surface area is 192 Å². The Bertz CT molecular complexity index is 1080. The van der Waals surface area contributed by atoms with Crippen molar-refractivity contribution in [1.82, 2.24) is 19.7 Å². The molecule has 3 aromatic rings. The molecule has 1 saturated carbocycles. The first-order valence-corrected chi connectivity index (χ1v) is 11.4. The zero-order chi connectivity index (χ0) is 22.1. The summed E-state index contributed by atoms with van der Waals surface area (Å²) in [5, 5.41) is 8.88. The number of benzene rings is 1. The van der Waals surface area contributed by atoms with Crippen LogP contribution >= 0.6 is 11.6 Å². The van der Waals surface area contributed by atoms with Crippen LogP contribution in [0.25, 0.3) is 0 Å².